The molecule has 0 aliphatic heterocycles. The van der Waals surface area contributed by atoms with E-state index in [9.17, 15) is 9.59 Å². The summed E-state index contributed by atoms with van der Waals surface area (Å²) in [5.41, 5.74) is 3.27. The summed E-state index contributed by atoms with van der Waals surface area (Å²) in [6.07, 6.45) is 1.43. The second-order valence-electron chi connectivity index (χ2n) is 7.49. The van der Waals surface area contributed by atoms with Crippen molar-refractivity contribution in [3.05, 3.63) is 100 Å². The monoisotopic (exact) mass is 522 g/mol. The van der Waals surface area contributed by atoms with E-state index in [2.05, 4.69) is 10.5 Å². The van der Waals surface area contributed by atoms with Crippen molar-refractivity contribution in [1.29, 1.82) is 0 Å². The fourth-order valence-electron chi connectivity index (χ4n) is 3.31. The van der Waals surface area contributed by atoms with Crippen LogP contribution in [0.1, 0.15) is 15.9 Å². The van der Waals surface area contributed by atoms with Crippen LogP contribution in [0.4, 0.5) is 0 Å². The lowest BCUT2D eigenvalue weighted by atomic mass is 10.1. The van der Waals surface area contributed by atoms with Gasteiger partial charge in [0.15, 0.2) is 18.1 Å². The highest BCUT2D eigenvalue weighted by atomic mass is 35.5. The van der Waals surface area contributed by atoms with Gasteiger partial charge in [0.2, 0.25) is 0 Å². The van der Waals surface area contributed by atoms with Crippen molar-refractivity contribution >= 4 is 52.1 Å². The topological polar surface area (TPSA) is 86.2 Å². The Morgan fingerprint density at radius 2 is 1.69 bits per heavy atom. The minimum atomic E-state index is -0.619. The van der Waals surface area contributed by atoms with Crippen LogP contribution in [0.3, 0.4) is 0 Å². The van der Waals surface area contributed by atoms with Gasteiger partial charge in [0.1, 0.15) is 5.75 Å². The van der Waals surface area contributed by atoms with Crippen molar-refractivity contribution in [3.63, 3.8) is 0 Å². The molecule has 0 fully saturated rings. The highest BCUT2D eigenvalue weighted by Gasteiger charge is 2.14. The lowest BCUT2D eigenvalue weighted by molar-refractivity contribution is -0.123. The number of carbonyl (C=O) groups excluding carboxylic acids is 2. The third-order valence-corrected chi connectivity index (χ3v) is 5.80. The van der Waals surface area contributed by atoms with Crippen LogP contribution in [0.5, 0.6) is 17.2 Å². The van der Waals surface area contributed by atoms with Crippen LogP contribution in [0.2, 0.25) is 10.0 Å². The van der Waals surface area contributed by atoms with Crippen molar-refractivity contribution in [2.24, 2.45) is 5.10 Å². The molecule has 0 unspecified atom stereocenters. The molecule has 0 spiro atoms. The van der Waals surface area contributed by atoms with Gasteiger partial charge < -0.3 is 14.2 Å². The van der Waals surface area contributed by atoms with Crippen LogP contribution in [0, 0.1) is 0 Å². The predicted octanol–water partition coefficient (Wildman–Crippen LogP) is 5.90. The Kier molecular flexibility index (Phi) is 8.05. The number of amides is 1. The molecule has 4 aromatic rings. The first-order valence-corrected chi connectivity index (χ1v) is 11.5. The molecule has 182 valence electrons. The van der Waals surface area contributed by atoms with E-state index >= 15 is 0 Å². The molecule has 0 atom stereocenters. The fourth-order valence-corrected chi connectivity index (χ4v) is 3.60. The zero-order valence-corrected chi connectivity index (χ0v) is 20.5. The molecule has 1 amide bonds. The SMILES string of the molecule is COc1cc(/C=N\NC(=O)COc2cccc3ccccc23)ccc1OC(=O)c1ccc(Cl)c(Cl)c1. The fraction of sp³-hybridized carbons (Fsp3) is 0.0741. The van der Waals surface area contributed by atoms with Crippen molar-refractivity contribution in [3.8, 4) is 17.2 Å². The maximum Gasteiger partial charge on any atom is 0.343 e. The van der Waals surface area contributed by atoms with E-state index in [4.69, 9.17) is 37.4 Å². The Balaban J connectivity index is 1.35. The van der Waals surface area contributed by atoms with Crippen LogP contribution in [-0.4, -0.2) is 31.8 Å². The van der Waals surface area contributed by atoms with Gasteiger partial charge in [-0.05, 0) is 53.4 Å². The van der Waals surface area contributed by atoms with E-state index in [0.29, 0.717) is 22.1 Å². The van der Waals surface area contributed by atoms with Crippen molar-refractivity contribution in [2.45, 2.75) is 0 Å². The summed E-state index contributed by atoms with van der Waals surface area (Å²) in [4.78, 5) is 24.6. The average Bonchev–Trinajstić information content (AvgIpc) is 2.89. The second-order valence-corrected chi connectivity index (χ2v) is 8.30. The molecular formula is C27H20Cl2N2O5. The zero-order valence-electron chi connectivity index (χ0n) is 19.0. The van der Waals surface area contributed by atoms with Gasteiger partial charge in [-0.15, -0.1) is 0 Å². The van der Waals surface area contributed by atoms with E-state index < -0.39 is 11.9 Å². The number of esters is 1. The highest BCUT2D eigenvalue weighted by Crippen LogP contribution is 2.29. The van der Waals surface area contributed by atoms with E-state index in [1.165, 1.54) is 31.5 Å². The van der Waals surface area contributed by atoms with Crippen LogP contribution in [-0.2, 0) is 4.79 Å². The normalized spacial score (nSPS) is 10.9. The van der Waals surface area contributed by atoms with Gasteiger partial charge >= 0.3 is 5.97 Å². The molecule has 9 heteroatoms. The maximum atomic E-state index is 12.4. The lowest BCUT2D eigenvalue weighted by Crippen LogP contribution is -2.24. The molecule has 0 saturated heterocycles. The molecule has 7 nitrogen and oxygen atoms in total. The van der Waals surface area contributed by atoms with Gasteiger partial charge in [-0.1, -0.05) is 59.6 Å². The molecule has 0 aromatic heterocycles. The Labute approximate surface area is 217 Å². The molecule has 1 N–H and O–H groups in total. The minimum absolute atomic E-state index is 0.196. The average molecular weight is 523 g/mol. The molecule has 0 aliphatic rings. The van der Waals surface area contributed by atoms with Gasteiger partial charge in [-0.2, -0.15) is 5.10 Å². The maximum absolute atomic E-state index is 12.4. The summed E-state index contributed by atoms with van der Waals surface area (Å²) in [7, 11) is 1.44. The minimum Gasteiger partial charge on any atom is -0.493 e. The number of hydrogen-bond acceptors (Lipinski definition) is 6. The number of nitrogens with zero attached hydrogens (tertiary/aromatic N) is 1. The largest absolute Gasteiger partial charge is 0.493 e. The Morgan fingerprint density at radius 1 is 0.889 bits per heavy atom. The number of halogens is 2. The number of benzene rings is 4. The lowest BCUT2D eigenvalue weighted by Gasteiger charge is -2.10. The van der Waals surface area contributed by atoms with Crippen molar-refractivity contribution in [1.82, 2.24) is 5.43 Å². The Morgan fingerprint density at radius 3 is 2.50 bits per heavy atom. The Bertz CT molecular complexity index is 1450. The van der Waals surface area contributed by atoms with Gasteiger partial charge in [-0.3, -0.25) is 4.79 Å². The van der Waals surface area contributed by atoms with Crippen LogP contribution >= 0.6 is 23.2 Å². The smallest absolute Gasteiger partial charge is 0.343 e. The third kappa shape index (κ3) is 6.13. The number of hydrogen-bond donors (Lipinski definition) is 1. The summed E-state index contributed by atoms with van der Waals surface area (Å²) in [6.45, 7) is -0.196. The van der Waals surface area contributed by atoms with Crippen LogP contribution in [0.15, 0.2) is 84.0 Å². The zero-order chi connectivity index (χ0) is 25.5. The number of rotatable bonds is 8. The Hall–Kier alpha value is -4.07. The molecule has 0 saturated carbocycles. The molecule has 0 heterocycles. The standard InChI is InChI=1S/C27H20Cl2N2O5/c1-34-25-13-17(9-12-24(25)36-27(33)19-10-11-21(28)22(29)14-19)15-30-31-26(32)16-35-23-8-4-6-18-5-2-3-7-20(18)23/h2-15H,16H2,1H3,(H,31,32)/b30-15-. The molecular weight excluding hydrogens is 503 g/mol. The number of ether oxygens (including phenoxy) is 3. The summed E-state index contributed by atoms with van der Waals surface area (Å²) in [5.74, 6) is 0.0873. The third-order valence-electron chi connectivity index (χ3n) is 5.06. The van der Waals surface area contributed by atoms with E-state index in [-0.39, 0.29) is 22.9 Å². The van der Waals surface area contributed by atoms with E-state index in [0.717, 1.165) is 10.8 Å². The first kappa shape index (κ1) is 25.0. The summed E-state index contributed by atoms with van der Waals surface area (Å²) >= 11 is 11.9. The summed E-state index contributed by atoms with van der Waals surface area (Å²) < 4.78 is 16.4. The van der Waals surface area contributed by atoms with Gasteiger partial charge in [0.25, 0.3) is 5.91 Å². The molecule has 0 bridgehead atoms. The molecule has 4 aromatic carbocycles. The quantitative estimate of drug-likeness (QED) is 0.135. The number of fused-ring (bicyclic) bond motifs is 1. The molecule has 0 aliphatic carbocycles. The van der Waals surface area contributed by atoms with E-state index in [1.54, 1.807) is 24.3 Å². The van der Waals surface area contributed by atoms with Gasteiger partial charge in [-0.25, -0.2) is 10.2 Å². The summed E-state index contributed by atoms with van der Waals surface area (Å²) in [5, 5.41) is 6.47. The van der Waals surface area contributed by atoms with E-state index in [1.807, 2.05) is 36.4 Å². The van der Waals surface area contributed by atoms with Gasteiger partial charge in [0, 0.05) is 5.39 Å². The van der Waals surface area contributed by atoms with Crippen LogP contribution in [0.25, 0.3) is 10.8 Å². The first-order chi connectivity index (χ1) is 17.4. The number of nitrogens with one attached hydrogen (secondary N) is 1. The second kappa shape index (κ2) is 11.6. The van der Waals surface area contributed by atoms with Crippen molar-refractivity contribution < 1.29 is 23.8 Å². The molecule has 0 radical (unpaired) electrons. The highest BCUT2D eigenvalue weighted by molar-refractivity contribution is 6.42. The number of hydrazone groups is 1. The van der Waals surface area contributed by atoms with Crippen molar-refractivity contribution in [2.75, 3.05) is 13.7 Å². The molecule has 4 rings (SSSR count). The molecule has 36 heavy (non-hydrogen) atoms. The number of carbonyl (C=O) groups is 2. The summed E-state index contributed by atoms with van der Waals surface area (Å²) in [6, 6.07) is 22.7. The van der Waals surface area contributed by atoms with Crippen LogP contribution < -0.4 is 19.6 Å². The predicted molar refractivity (Wildman–Crippen MR) is 140 cm³/mol. The number of methoxy groups -OCH3 is 1. The first-order valence-electron chi connectivity index (χ1n) is 10.7. The van der Waals surface area contributed by atoms with Gasteiger partial charge in [0.05, 0.1) is 28.9 Å².